The van der Waals surface area contributed by atoms with Gasteiger partial charge < -0.3 is 29.0 Å². The average molecular weight is 882 g/mol. The van der Waals surface area contributed by atoms with Crippen molar-refractivity contribution in [3.63, 3.8) is 0 Å². The minimum atomic E-state index is -1.14. The number of aromatic nitrogens is 1. The Morgan fingerprint density at radius 3 is 2.00 bits per heavy atom. The van der Waals surface area contributed by atoms with E-state index in [9.17, 15) is 14.7 Å². The number of carbonyl (C=O) groups excluding carboxylic acids is 1. The number of ether oxygens (including phenoxy) is 4. The van der Waals surface area contributed by atoms with Crippen molar-refractivity contribution in [3.05, 3.63) is 143 Å². The van der Waals surface area contributed by atoms with Crippen LogP contribution in [0.3, 0.4) is 0 Å². The summed E-state index contributed by atoms with van der Waals surface area (Å²) in [6.07, 6.45) is 3.76. The number of fused-ring (bicyclic) bond motifs is 2. The number of thioether (sulfide) groups is 1. The predicted molar refractivity (Wildman–Crippen MR) is 249 cm³/mol. The highest BCUT2D eigenvalue weighted by Crippen LogP contribution is 2.51. The lowest BCUT2D eigenvalue weighted by atomic mass is 10.0. The number of hydrogen-bond acceptors (Lipinski definition) is 12. The Bertz CT molecular complexity index is 2770. The second-order valence-corrected chi connectivity index (χ2v) is 17.5. The zero-order valence-corrected chi connectivity index (χ0v) is 36.0. The third kappa shape index (κ3) is 8.22. The van der Waals surface area contributed by atoms with Crippen LogP contribution in [0.4, 0.5) is 17.1 Å². The molecule has 1 amide bonds. The van der Waals surface area contributed by atoms with Gasteiger partial charge >= 0.3 is 5.97 Å². The molecule has 9 rings (SSSR count). The van der Waals surface area contributed by atoms with Gasteiger partial charge in [0.05, 0.1) is 39.1 Å². The highest BCUT2D eigenvalue weighted by atomic mass is 32.2. The second-order valence-electron chi connectivity index (χ2n) is 13.8. The highest BCUT2D eigenvalue weighted by Gasteiger charge is 2.34. The summed E-state index contributed by atoms with van der Waals surface area (Å²) in [6.45, 7) is 0.260. The summed E-state index contributed by atoms with van der Waals surface area (Å²) in [5.74, 6) is 1.19. The van der Waals surface area contributed by atoms with Gasteiger partial charge in [0, 0.05) is 22.6 Å². The molecule has 0 spiro atoms. The van der Waals surface area contributed by atoms with Crippen molar-refractivity contribution in [1.82, 2.24) is 9.88 Å². The molecule has 0 bridgehead atoms. The van der Waals surface area contributed by atoms with Crippen LogP contribution in [0.2, 0.25) is 0 Å². The van der Waals surface area contributed by atoms with E-state index in [4.69, 9.17) is 36.1 Å². The van der Waals surface area contributed by atoms with Crippen molar-refractivity contribution in [1.29, 1.82) is 0 Å². The first-order valence-corrected chi connectivity index (χ1v) is 21.9. The Morgan fingerprint density at radius 2 is 1.39 bits per heavy atom. The average Bonchev–Trinajstić information content (AvgIpc) is 3.97. The molecule has 2 aromatic heterocycles. The molecule has 2 aliphatic rings. The smallest absolute Gasteiger partial charge is 0.323 e. The number of allylic oxidation sites excluding steroid dienone is 2. The standard InChI is InChI=1S/C47H35N3O7S4/c1-54-35-19-15-33(16-20-35)50(34-17-21-36(55-2)22-18-34)32-13-11-29(12-14-32)44-43-42(56-23-24-57-43)39(59-44)25-31(26-40-46(53)49(27-41(51)52)47(58)61-40)28-7-9-30(10-8-28)45-48-37-5-3-4-6-38(37)60-45/h3-22,25-26H,23-24,27H2,1-2H3,(H,51,52)/b31-25+,40-26-. The zero-order valence-electron chi connectivity index (χ0n) is 32.7. The largest absolute Gasteiger partial charge is 0.497 e. The van der Waals surface area contributed by atoms with Crippen LogP contribution in [0.5, 0.6) is 23.0 Å². The molecule has 0 unspecified atom stereocenters. The van der Waals surface area contributed by atoms with E-state index in [1.165, 1.54) is 11.3 Å². The van der Waals surface area contributed by atoms with Crippen LogP contribution in [0, 0.1) is 0 Å². The molecule has 61 heavy (non-hydrogen) atoms. The summed E-state index contributed by atoms with van der Waals surface area (Å²) >= 11 is 9.67. The number of rotatable bonds is 12. The number of thiocarbonyl (C=S) groups is 1. The van der Waals surface area contributed by atoms with Crippen LogP contribution in [-0.4, -0.2) is 65.2 Å². The summed E-state index contributed by atoms with van der Waals surface area (Å²) in [5.41, 5.74) is 7.24. The van der Waals surface area contributed by atoms with Crippen molar-refractivity contribution < 1.29 is 33.6 Å². The molecule has 0 radical (unpaired) electrons. The Morgan fingerprint density at radius 1 is 0.803 bits per heavy atom. The molecule has 0 aliphatic carbocycles. The van der Waals surface area contributed by atoms with E-state index in [1.807, 2.05) is 97.1 Å². The number of carbonyl (C=O) groups is 2. The molecule has 1 saturated heterocycles. The highest BCUT2D eigenvalue weighted by molar-refractivity contribution is 8.26. The molecule has 5 aromatic carbocycles. The number of thiophene rings is 1. The third-order valence-corrected chi connectivity index (χ3v) is 13.6. The van der Waals surface area contributed by atoms with Crippen LogP contribution < -0.4 is 23.8 Å². The van der Waals surface area contributed by atoms with Gasteiger partial charge in [-0.1, -0.05) is 72.5 Å². The van der Waals surface area contributed by atoms with Crippen molar-refractivity contribution in [2.24, 2.45) is 0 Å². The summed E-state index contributed by atoms with van der Waals surface area (Å²) in [4.78, 5) is 35.2. The maximum Gasteiger partial charge on any atom is 0.323 e. The molecule has 10 nitrogen and oxygen atoms in total. The van der Waals surface area contributed by atoms with Crippen LogP contribution >= 0.6 is 46.7 Å². The Hall–Kier alpha value is -6.45. The van der Waals surface area contributed by atoms with Crippen LogP contribution in [0.1, 0.15) is 10.4 Å². The maximum atomic E-state index is 13.5. The molecular formula is C47H35N3O7S4. The van der Waals surface area contributed by atoms with Crippen LogP contribution in [0.25, 0.3) is 42.9 Å². The van der Waals surface area contributed by atoms with Gasteiger partial charge in [0.1, 0.15) is 40.6 Å². The number of carboxylic acids is 1. The van der Waals surface area contributed by atoms with Gasteiger partial charge in [0.25, 0.3) is 5.91 Å². The number of thiazole rings is 1. The molecule has 2 aliphatic heterocycles. The van der Waals surface area contributed by atoms with Gasteiger partial charge in [-0.25, -0.2) is 4.98 Å². The Labute approximate surface area is 368 Å². The van der Waals surface area contributed by atoms with Gasteiger partial charge in [-0.15, -0.1) is 22.7 Å². The number of methoxy groups -OCH3 is 2. The summed E-state index contributed by atoms with van der Waals surface area (Å²) in [7, 11) is 3.30. The summed E-state index contributed by atoms with van der Waals surface area (Å²) in [5, 5.41) is 10.4. The topological polar surface area (TPSA) is 111 Å². The SMILES string of the molecule is COc1ccc(N(c2ccc(OC)cc2)c2ccc(-c3sc(/C=C(\C=C4/SC(=S)N(CC(=O)O)C4=O)c4ccc(-c5nc6ccccc6s5)cc4)c4c3OCCO4)cc2)cc1. The minimum Gasteiger partial charge on any atom is -0.497 e. The molecule has 4 heterocycles. The summed E-state index contributed by atoms with van der Waals surface area (Å²) in [6, 6.07) is 40.2. The molecular weight excluding hydrogens is 847 g/mol. The van der Waals surface area contributed by atoms with E-state index in [0.29, 0.717) is 35.2 Å². The van der Waals surface area contributed by atoms with Crippen molar-refractivity contribution >= 4 is 102 Å². The quantitative estimate of drug-likeness (QED) is 0.0935. The predicted octanol–water partition coefficient (Wildman–Crippen LogP) is 11.3. The molecule has 1 fully saturated rings. The van der Waals surface area contributed by atoms with Gasteiger partial charge in [-0.3, -0.25) is 14.5 Å². The lowest BCUT2D eigenvalue weighted by molar-refractivity contribution is -0.140. The fraction of sp³-hybridized carbons (Fsp3) is 0.106. The lowest BCUT2D eigenvalue weighted by Crippen LogP contribution is -2.33. The Balaban J connectivity index is 1.10. The first-order valence-electron chi connectivity index (χ1n) is 19.0. The maximum absolute atomic E-state index is 13.5. The normalized spacial score (nSPS) is 14.5. The van der Waals surface area contributed by atoms with Gasteiger partial charge in [0.2, 0.25) is 0 Å². The van der Waals surface area contributed by atoms with Gasteiger partial charge in [-0.2, -0.15) is 0 Å². The van der Waals surface area contributed by atoms with E-state index >= 15 is 0 Å². The summed E-state index contributed by atoms with van der Waals surface area (Å²) < 4.78 is 24.8. The fourth-order valence-electron chi connectivity index (χ4n) is 6.99. The second kappa shape index (κ2) is 17.3. The number of amides is 1. The van der Waals surface area contributed by atoms with Gasteiger partial charge in [-0.05, 0) is 102 Å². The van der Waals surface area contributed by atoms with Crippen molar-refractivity contribution in [3.8, 4) is 44.0 Å². The molecule has 7 aromatic rings. The number of carboxylic acid groups (broad SMARTS) is 1. The van der Waals surface area contributed by atoms with E-state index in [1.54, 1.807) is 31.6 Å². The first-order chi connectivity index (χ1) is 29.8. The fourth-order valence-corrected chi connectivity index (χ4v) is 10.4. The van der Waals surface area contributed by atoms with Crippen molar-refractivity contribution in [2.75, 3.05) is 38.9 Å². The number of benzene rings is 5. The Kier molecular flexibility index (Phi) is 11.3. The van der Waals surface area contributed by atoms with Gasteiger partial charge in [0.15, 0.2) is 11.5 Å². The molecule has 0 atom stereocenters. The number of aliphatic carboxylic acids is 1. The zero-order chi connectivity index (χ0) is 42.0. The van der Waals surface area contributed by atoms with Crippen LogP contribution in [0.15, 0.2) is 132 Å². The molecule has 0 saturated carbocycles. The number of para-hydroxylation sites is 1. The molecule has 1 N–H and O–H groups in total. The lowest BCUT2D eigenvalue weighted by Gasteiger charge is -2.26. The number of hydrogen-bond donors (Lipinski definition) is 1. The van der Waals surface area contributed by atoms with E-state index in [-0.39, 0.29) is 4.32 Å². The van der Waals surface area contributed by atoms with E-state index in [2.05, 4.69) is 35.2 Å². The molecule has 304 valence electrons. The van der Waals surface area contributed by atoms with E-state index < -0.39 is 18.4 Å². The number of nitrogens with zero attached hydrogens (tertiary/aromatic N) is 3. The van der Waals surface area contributed by atoms with Crippen molar-refractivity contribution in [2.45, 2.75) is 0 Å². The first kappa shape index (κ1) is 40.0. The van der Waals surface area contributed by atoms with E-state index in [0.717, 1.165) is 86.9 Å². The monoisotopic (exact) mass is 881 g/mol. The third-order valence-electron chi connectivity index (χ3n) is 9.97. The number of anilines is 3. The minimum absolute atomic E-state index is 0.192. The molecule has 14 heteroatoms. The van der Waals surface area contributed by atoms with Crippen LogP contribution in [-0.2, 0) is 9.59 Å².